The van der Waals surface area contributed by atoms with Crippen LogP contribution in [-0.2, 0) is 11.3 Å². The summed E-state index contributed by atoms with van der Waals surface area (Å²) < 4.78 is 13.3. The summed E-state index contributed by atoms with van der Waals surface area (Å²) in [7, 11) is 0. The van der Waals surface area contributed by atoms with E-state index >= 15 is 0 Å². The molecule has 1 aliphatic carbocycles. The minimum atomic E-state index is -0.994. The third-order valence-electron chi connectivity index (χ3n) is 5.14. The maximum atomic E-state index is 13.4. The number of amides is 2. The molecule has 1 aromatic heterocycles. The number of carbonyl (C=O) groups excluding carboxylic acids is 2. The fourth-order valence-corrected chi connectivity index (χ4v) is 3.79. The third kappa shape index (κ3) is 4.44. The molecule has 2 aromatic rings. The fourth-order valence-electron chi connectivity index (χ4n) is 3.79. The molecule has 1 saturated carbocycles. The zero-order valence-electron chi connectivity index (χ0n) is 16.1. The maximum Gasteiger partial charge on any atom is 0.293 e. The monoisotopic (exact) mass is 402 g/mol. The molecule has 3 rings (SSSR count). The van der Waals surface area contributed by atoms with Crippen molar-refractivity contribution in [3.8, 4) is 5.75 Å². The Bertz CT molecular complexity index is 952. The first-order valence-corrected chi connectivity index (χ1v) is 9.44. The van der Waals surface area contributed by atoms with E-state index in [0.717, 1.165) is 25.6 Å². The lowest BCUT2D eigenvalue weighted by molar-refractivity contribution is -0.124. The number of halogens is 1. The zero-order valence-corrected chi connectivity index (χ0v) is 16.1. The molecule has 0 spiro atoms. The van der Waals surface area contributed by atoms with E-state index in [2.05, 4.69) is 15.3 Å². The van der Waals surface area contributed by atoms with Crippen LogP contribution in [0.3, 0.4) is 0 Å². The molecule has 1 aliphatic rings. The lowest BCUT2D eigenvalue weighted by atomic mass is 9.86. The summed E-state index contributed by atoms with van der Waals surface area (Å²) in [6, 6.07) is 5.66. The fraction of sp³-hybridized carbons (Fsp3) is 0.400. The number of benzene rings is 1. The van der Waals surface area contributed by atoms with Crippen molar-refractivity contribution in [2.45, 2.75) is 51.2 Å². The predicted molar refractivity (Wildman–Crippen MR) is 102 cm³/mol. The van der Waals surface area contributed by atoms with Crippen LogP contribution in [-0.4, -0.2) is 37.5 Å². The first-order chi connectivity index (χ1) is 13.8. The quantitative estimate of drug-likeness (QED) is 0.662. The van der Waals surface area contributed by atoms with E-state index in [-0.39, 0.29) is 12.5 Å². The average Bonchev–Trinajstić information content (AvgIpc) is 2.69. The van der Waals surface area contributed by atoms with E-state index in [1.807, 2.05) is 0 Å². The number of aromatic hydroxyl groups is 1. The van der Waals surface area contributed by atoms with E-state index in [9.17, 15) is 23.9 Å². The lowest BCUT2D eigenvalue weighted by Gasteiger charge is -2.46. The maximum absolute atomic E-state index is 13.4. The smallest absolute Gasteiger partial charge is 0.293 e. The van der Waals surface area contributed by atoms with Crippen LogP contribution in [0, 0.1) is 5.82 Å². The Morgan fingerprint density at radius 1 is 1.24 bits per heavy atom. The molecule has 9 heteroatoms. The highest BCUT2D eigenvalue weighted by Crippen LogP contribution is 2.34. The van der Waals surface area contributed by atoms with Crippen molar-refractivity contribution < 1.29 is 19.1 Å². The number of nitrogens with one attached hydrogen (secondary N) is 2. The van der Waals surface area contributed by atoms with Crippen LogP contribution in [0.1, 0.15) is 55.1 Å². The topological polar surface area (TPSA) is 115 Å². The summed E-state index contributed by atoms with van der Waals surface area (Å²) in [5.41, 5.74) is -1.58. The molecule has 1 heterocycles. The second-order valence-corrected chi connectivity index (χ2v) is 7.22. The highest BCUT2D eigenvalue weighted by atomic mass is 19.1. The molecule has 0 bridgehead atoms. The van der Waals surface area contributed by atoms with Crippen molar-refractivity contribution in [3.63, 3.8) is 0 Å². The average molecular weight is 402 g/mol. The molecule has 8 nitrogen and oxygen atoms in total. The molecule has 1 aromatic carbocycles. The summed E-state index contributed by atoms with van der Waals surface area (Å²) in [4.78, 5) is 44.6. The molecule has 0 aliphatic heterocycles. The van der Waals surface area contributed by atoms with Gasteiger partial charge >= 0.3 is 0 Å². The van der Waals surface area contributed by atoms with E-state index in [1.165, 1.54) is 24.0 Å². The largest absolute Gasteiger partial charge is 0.501 e. The Hall–Kier alpha value is -3.23. The Balaban J connectivity index is 2.07. The van der Waals surface area contributed by atoms with Crippen LogP contribution in [0.2, 0.25) is 0 Å². The zero-order chi connectivity index (χ0) is 21.0. The number of aromatic nitrogens is 2. The molecule has 0 atom stereocenters. The van der Waals surface area contributed by atoms with Crippen LogP contribution < -0.4 is 10.9 Å². The molecular formula is C20H23FN4O4. The SMILES string of the molecule is CC(=O)NC1(N(Cc2ccc(F)cc2)C(=O)c2nc[nH]c(=O)c2O)CCCCC1. The number of hydrogen-bond donors (Lipinski definition) is 3. The van der Waals surface area contributed by atoms with E-state index in [4.69, 9.17) is 0 Å². The Morgan fingerprint density at radius 2 is 1.90 bits per heavy atom. The summed E-state index contributed by atoms with van der Waals surface area (Å²) >= 11 is 0. The van der Waals surface area contributed by atoms with Crippen LogP contribution in [0.5, 0.6) is 5.75 Å². The van der Waals surface area contributed by atoms with Crippen LogP contribution >= 0.6 is 0 Å². The molecule has 1 fully saturated rings. The standard InChI is InChI=1S/C20H23FN4O4/c1-13(26)24-20(9-3-2-4-10-20)25(11-14-5-7-15(21)8-6-14)19(29)16-17(27)18(28)23-12-22-16/h5-8,12,27H,2-4,9-11H2,1H3,(H,24,26)(H,22,23,28). The minimum Gasteiger partial charge on any atom is -0.501 e. The van der Waals surface area contributed by atoms with Crippen molar-refractivity contribution in [3.05, 3.63) is 58.0 Å². The van der Waals surface area contributed by atoms with Gasteiger partial charge in [0.2, 0.25) is 11.7 Å². The molecule has 3 N–H and O–H groups in total. The van der Waals surface area contributed by atoms with E-state index in [1.54, 1.807) is 12.1 Å². The number of hydrogen-bond acceptors (Lipinski definition) is 5. The third-order valence-corrected chi connectivity index (χ3v) is 5.14. The molecule has 154 valence electrons. The van der Waals surface area contributed by atoms with Gasteiger partial charge in [-0.25, -0.2) is 9.37 Å². The molecule has 29 heavy (non-hydrogen) atoms. The number of rotatable bonds is 5. The van der Waals surface area contributed by atoms with Gasteiger partial charge in [-0.05, 0) is 43.4 Å². The number of aromatic amines is 1. The Kier molecular flexibility index (Phi) is 5.95. The summed E-state index contributed by atoms with van der Waals surface area (Å²) in [6.45, 7) is 1.42. The van der Waals surface area contributed by atoms with Gasteiger partial charge < -0.3 is 20.3 Å². The van der Waals surface area contributed by atoms with Gasteiger partial charge in [-0.3, -0.25) is 14.4 Å². The van der Waals surface area contributed by atoms with Crippen molar-refractivity contribution in [1.29, 1.82) is 0 Å². The van der Waals surface area contributed by atoms with Crippen LogP contribution in [0.25, 0.3) is 0 Å². The van der Waals surface area contributed by atoms with Crippen molar-refractivity contribution >= 4 is 11.8 Å². The number of carbonyl (C=O) groups is 2. The van der Waals surface area contributed by atoms with Gasteiger partial charge in [0.25, 0.3) is 11.5 Å². The number of nitrogens with zero attached hydrogens (tertiary/aromatic N) is 2. The summed E-state index contributed by atoms with van der Waals surface area (Å²) in [6.07, 6.45) is 4.63. The van der Waals surface area contributed by atoms with E-state index < -0.39 is 34.4 Å². The van der Waals surface area contributed by atoms with Crippen LogP contribution in [0.15, 0.2) is 35.4 Å². The predicted octanol–water partition coefficient (Wildman–Crippen LogP) is 2.05. The summed E-state index contributed by atoms with van der Waals surface area (Å²) in [5.74, 6) is -2.18. The van der Waals surface area contributed by atoms with Gasteiger partial charge in [0.05, 0.1) is 6.33 Å². The van der Waals surface area contributed by atoms with Gasteiger partial charge in [-0.2, -0.15) is 0 Å². The Morgan fingerprint density at radius 3 is 2.52 bits per heavy atom. The highest BCUT2D eigenvalue weighted by Gasteiger charge is 2.43. The van der Waals surface area contributed by atoms with Gasteiger partial charge in [0.15, 0.2) is 5.69 Å². The first-order valence-electron chi connectivity index (χ1n) is 9.44. The van der Waals surface area contributed by atoms with Crippen molar-refractivity contribution in [2.24, 2.45) is 0 Å². The van der Waals surface area contributed by atoms with E-state index in [0.29, 0.717) is 18.4 Å². The molecule has 0 unspecified atom stereocenters. The van der Waals surface area contributed by atoms with Crippen molar-refractivity contribution in [2.75, 3.05) is 0 Å². The minimum absolute atomic E-state index is 0.0489. The molecule has 2 amide bonds. The molecular weight excluding hydrogens is 379 g/mol. The second kappa shape index (κ2) is 8.42. The Labute approximate surface area is 166 Å². The second-order valence-electron chi connectivity index (χ2n) is 7.22. The summed E-state index contributed by atoms with van der Waals surface area (Å²) in [5, 5.41) is 13.0. The lowest BCUT2D eigenvalue weighted by Crippen LogP contribution is -2.62. The first kappa shape index (κ1) is 20.5. The molecule has 0 saturated heterocycles. The highest BCUT2D eigenvalue weighted by molar-refractivity contribution is 5.95. The van der Waals surface area contributed by atoms with Gasteiger partial charge in [0, 0.05) is 13.5 Å². The van der Waals surface area contributed by atoms with Gasteiger partial charge in [-0.1, -0.05) is 18.6 Å². The van der Waals surface area contributed by atoms with Crippen molar-refractivity contribution in [1.82, 2.24) is 20.2 Å². The van der Waals surface area contributed by atoms with Gasteiger partial charge in [0.1, 0.15) is 11.5 Å². The molecule has 0 radical (unpaired) electrons. The van der Waals surface area contributed by atoms with Crippen LogP contribution in [0.4, 0.5) is 4.39 Å². The normalized spacial score (nSPS) is 15.5. The number of H-pyrrole nitrogens is 1. The van der Waals surface area contributed by atoms with Gasteiger partial charge in [-0.15, -0.1) is 0 Å².